The molecule has 32 heteroatoms. The van der Waals surface area contributed by atoms with Crippen LogP contribution in [0.1, 0.15) is 63.6 Å². The molecular formula is C58H79F3N12O15S2. The number of carbonyl (C=O) groups excluding carboxylic acids is 10. The van der Waals surface area contributed by atoms with Gasteiger partial charge in [-0.3, -0.25) is 43.2 Å². The highest BCUT2D eigenvalue weighted by molar-refractivity contribution is 7.99. The number of fused-ring (bicyclic) bond motifs is 1. The third-order valence-electron chi connectivity index (χ3n) is 13.1. The Hall–Kier alpha value is -8.30. The quantitative estimate of drug-likeness (QED) is 0.0153. The molecule has 0 radical (unpaired) electrons. The topological polar surface area (TPSA) is 434 Å². The van der Waals surface area contributed by atoms with Crippen LogP contribution in [0.5, 0.6) is 0 Å². The maximum absolute atomic E-state index is 14.9. The van der Waals surface area contributed by atoms with E-state index < -0.39 is 120 Å². The van der Waals surface area contributed by atoms with Crippen LogP contribution in [0.15, 0.2) is 91.1 Å². The lowest BCUT2D eigenvalue weighted by atomic mass is 10.0. The lowest BCUT2D eigenvalue weighted by Gasteiger charge is -2.29. The van der Waals surface area contributed by atoms with Gasteiger partial charge in [0.15, 0.2) is 6.04 Å². The Balaban J connectivity index is 0.00000284. The van der Waals surface area contributed by atoms with Crippen molar-refractivity contribution in [2.45, 2.75) is 133 Å². The van der Waals surface area contributed by atoms with E-state index in [0.29, 0.717) is 28.5 Å². The molecule has 0 saturated carbocycles. The minimum atomic E-state index is -5.08. The number of aromatic amines is 1. The number of nitrogens with one attached hydrogen (secondary N) is 10. The molecule has 9 amide bonds. The number of carbonyl (C=O) groups is 11. The molecule has 0 unspecified atom stereocenters. The lowest BCUT2D eigenvalue weighted by Crippen LogP contribution is -2.62. The highest BCUT2D eigenvalue weighted by Crippen LogP contribution is 2.20. The van der Waals surface area contributed by atoms with Gasteiger partial charge in [0.25, 0.3) is 0 Å². The number of aromatic nitrogens is 1. The predicted molar refractivity (Wildman–Crippen MR) is 328 cm³/mol. The fourth-order valence-corrected chi connectivity index (χ4v) is 10.1. The molecule has 27 nitrogen and oxygen atoms in total. The van der Waals surface area contributed by atoms with Crippen LogP contribution in [-0.4, -0.2) is 189 Å². The number of hydrogen-bond acceptors (Lipinski definition) is 18. The fourth-order valence-electron chi connectivity index (χ4n) is 8.31. The number of methoxy groups -OCH3 is 1. The van der Waals surface area contributed by atoms with Crippen molar-refractivity contribution in [1.29, 1.82) is 0 Å². The van der Waals surface area contributed by atoms with Crippen LogP contribution in [0.25, 0.3) is 10.9 Å². The molecular weight excluding hydrogens is 1230 g/mol. The molecule has 1 aromatic heterocycles. The minimum Gasteiger partial charge on any atom is -0.475 e. The van der Waals surface area contributed by atoms with Crippen molar-refractivity contribution in [3.63, 3.8) is 0 Å². The summed E-state index contributed by atoms with van der Waals surface area (Å²) in [5.74, 6) is -10.7. The molecule has 3 aromatic carbocycles. The average Bonchev–Trinajstić information content (AvgIpc) is 4.14. The molecule has 17 N–H and O–H groups in total. The van der Waals surface area contributed by atoms with E-state index >= 15 is 0 Å². The first-order valence-electron chi connectivity index (χ1n) is 28.2. The Bertz CT molecular complexity index is 3020. The average molecular weight is 1310 g/mol. The minimum absolute atomic E-state index is 0.00358. The van der Waals surface area contributed by atoms with Gasteiger partial charge in [0.05, 0.1) is 37.1 Å². The third kappa shape index (κ3) is 27.2. The van der Waals surface area contributed by atoms with Gasteiger partial charge in [-0.05, 0) is 68.8 Å². The van der Waals surface area contributed by atoms with Crippen molar-refractivity contribution in [2.24, 2.45) is 11.5 Å². The summed E-state index contributed by atoms with van der Waals surface area (Å²) in [6.45, 7) is 5.25. The second-order valence-corrected chi connectivity index (χ2v) is 22.5. The van der Waals surface area contributed by atoms with Crippen LogP contribution in [-0.2, 0) is 76.7 Å². The number of para-hydroxylation sites is 1. The number of thioether (sulfide) groups is 2. The van der Waals surface area contributed by atoms with Gasteiger partial charge in [-0.25, -0.2) is 9.59 Å². The first kappa shape index (κ1) is 75.9. The Labute approximate surface area is 525 Å². The van der Waals surface area contributed by atoms with Crippen LogP contribution >= 0.6 is 23.5 Å². The van der Waals surface area contributed by atoms with Gasteiger partial charge in [-0.2, -0.15) is 13.2 Å². The lowest BCUT2D eigenvalue weighted by molar-refractivity contribution is -0.192. The highest BCUT2D eigenvalue weighted by Gasteiger charge is 2.39. The number of nitrogens with two attached hydrogens (primary N) is 2. The number of H-pyrrole nitrogens is 1. The Morgan fingerprint density at radius 2 is 0.989 bits per heavy atom. The molecule has 1 heterocycles. The van der Waals surface area contributed by atoms with Crippen molar-refractivity contribution in [3.8, 4) is 0 Å². The molecule has 0 bridgehead atoms. The summed E-state index contributed by atoms with van der Waals surface area (Å²) in [5, 5.41) is 52.6. The van der Waals surface area contributed by atoms with Crippen molar-refractivity contribution in [1.82, 2.24) is 52.8 Å². The van der Waals surface area contributed by atoms with E-state index in [4.69, 9.17) is 26.1 Å². The smallest absolute Gasteiger partial charge is 0.475 e. The van der Waals surface area contributed by atoms with Crippen molar-refractivity contribution >= 4 is 99.5 Å². The van der Waals surface area contributed by atoms with E-state index in [9.17, 15) is 71.3 Å². The monoisotopic (exact) mass is 1300 g/mol. The number of carboxylic acid groups (broad SMARTS) is 1. The number of carboxylic acids is 1. The zero-order valence-electron chi connectivity index (χ0n) is 50.1. The molecule has 0 fully saturated rings. The van der Waals surface area contributed by atoms with Crippen LogP contribution in [0.2, 0.25) is 0 Å². The van der Waals surface area contributed by atoms with Crippen LogP contribution in [0.4, 0.5) is 13.2 Å². The molecule has 0 aliphatic rings. The number of aliphatic carboxylic acids is 1. The van der Waals surface area contributed by atoms with Crippen molar-refractivity contribution in [2.75, 3.05) is 36.9 Å². The van der Waals surface area contributed by atoms with Gasteiger partial charge >= 0.3 is 18.1 Å². The summed E-state index contributed by atoms with van der Waals surface area (Å²) in [6.07, 6.45) is -5.93. The molecule has 0 saturated heterocycles. The largest absolute Gasteiger partial charge is 0.490 e. The Morgan fingerprint density at radius 1 is 0.567 bits per heavy atom. The summed E-state index contributed by atoms with van der Waals surface area (Å²) >= 11 is 2.15. The van der Waals surface area contributed by atoms with E-state index in [2.05, 4.69) is 52.8 Å². The summed E-state index contributed by atoms with van der Waals surface area (Å²) in [6, 6.07) is 13.6. The van der Waals surface area contributed by atoms with E-state index in [1.807, 2.05) is 24.3 Å². The summed E-state index contributed by atoms with van der Waals surface area (Å²) in [7, 11) is 1.05. The van der Waals surface area contributed by atoms with Crippen LogP contribution in [0, 0.1) is 0 Å². The first-order chi connectivity index (χ1) is 42.6. The fraction of sp³-hybridized carbons (Fsp3) is 0.466. The van der Waals surface area contributed by atoms with E-state index in [1.165, 1.54) is 27.7 Å². The number of aliphatic hydroxyl groups is 2. The molecule has 0 aliphatic heterocycles. The number of unbranched alkanes of at least 4 members (excludes halogenated alkanes) is 1. The van der Waals surface area contributed by atoms with Crippen molar-refractivity contribution in [3.05, 3.63) is 108 Å². The zero-order chi connectivity index (χ0) is 67.1. The highest BCUT2D eigenvalue weighted by atomic mass is 32.2. The van der Waals surface area contributed by atoms with Crippen LogP contribution < -0.4 is 59.3 Å². The second-order valence-electron chi connectivity index (χ2n) is 20.4. The van der Waals surface area contributed by atoms with Gasteiger partial charge in [-0.15, -0.1) is 23.5 Å². The molecule has 0 aliphatic carbocycles. The molecule has 4 rings (SSSR count). The number of benzene rings is 3. The number of esters is 1. The predicted octanol–water partition coefficient (Wildman–Crippen LogP) is -0.733. The van der Waals surface area contributed by atoms with Gasteiger partial charge < -0.3 is 84.4 Å². The molecule has 0 spiro atoms. The van der Waals surface area contributed by atoms with Crippen molar-refractivity contribution < 1.29 is 86.0 Å². The number of amides is 9. The number of ether oxygens (including phenoxy) is 1. The summed E-state index contributed by atoms with van der Waals surface area (Å²) in [4.78, 5) is 148. The van der Waals surface area contributed by atoms with Gasteiger partial charge in [0, 0.05) is 55.3 Å². The first-order valence-corrected chi connectivity index (χ1v) is 30.5. The number of hydrogen-bond donors (Lipinski definition) is 15. The summed E-state index contributed by atoms with van der Waals surface area (Å²) < 4.78 is 36.4. The van der Waals surface area contributed by atoms with E-state index in [1.54, 1.807) is 66.9 Å². The maximum Gasteiger partial charge on any atom is 0.490 e. The number of rotatable bonds is 35. The van der Waals surface area contributed by atoms with Crippen LogP contribution in [0.3, 0.4) is 0 Å². The van der Waals surface area contributed by atoms with Gasteiger partial charge in [-0.1, -0.05) is 78.9 Å². The normalized spacial score (nSPS) is 14.4. The van der Waals surface area contributed by atoms with Gasteiger partial charge in [0.2, 0.25) is 53.2 Å². The zero-order valence-corrected chi connectivity index (χ0v) is 51.7. The molecule has 4 aromatic rings. The standard InChI is InChI=1S/C56H78N12O13S2.C2HF3O2/c1-32(69)47(55(79)66-46(29-83-31-61-35(4)72)54(78)68-48(33(2)70)56(80)81-5)67-50(74)42(22-14-15-23-57)62-52(76)44(26-38-27-59-41-21-13-12-20-39(38)41)64-51(75)43(25-37-18-10-7-11-19-37)63-53(77)45(28-82-30-60-34(3)71)65-49(73)40(58)24-36-16-8-6-9-17-36;3-2(4,5)1(6)7/h6-13,16-21,27,32-33,40,42-48,59,69-70H,14-15,22-26,28-31,57-58H2,1-5H3,(H,60,71)(H,61,72)(H,62,76)(H,63,77)(H,64,75)(H,65,73)(H,66,79)(H,67,74)(H,68,78);(H,6,7)/t32-,33-,40-,42+,43+,44-,45+,46+,47+,48+;/m1./s1. The Morgan fingerprint density at radius 3 is 1.48 bits per heavy atom. The maximum atomic E-state index is 14.9. The number of alkyl halides is 3. The number of halogens is 3. The summed E-state index contributed by atoms with van der Waals surface area (Å²) in [5.41, 5.74) is 14.9. The van der Waals surface area contributed by atoms with Gasteiger partial charge in [0.1, 0.15) is 36.3 Å². The molecule has 90 heavy (non-hydrogen) atoms. The van der Waals surface area contributed by atoms with E-state index in [-0.39, 0.29) is 73.7 Å². The third-order valence-corrected chi connectivity index (χ3v) is 14.9. The number of aliphatic hydroxyl groups excluding tert-OH is 2. The Kier molecular flexibility index (Phi) is 32.9. The second kappa shape index (κ2) is 39.0. The van der Waals surface area contributed by atoms with E-state index in [0.717, 1.165) is 36.2 Å². The SMILES string of the molecule is COC(=O)[C@@H](NC(=O)[C@H](CSCNC(C)=O)NC(=O)[C@@H](NC(=O)[C@H](CCCCN)NC(=O)[C@@H](Cc1c[nH]c2ccccc12)NC(=O)[C@H](Cc1ccccc1)NC(=O)[C@H](CSCNC(C)=O)NC(=O)[C@H](N)Cc1ccccc1)[C@@H](C)O)[C@@H](C)O.O=C(O)C(F)(F)F. The molecule has 10 atom stereocenters. The molecule has 494 valence electrons.